The van der Waals surface area contributed by atoms with Crippen LogP contribution in [-0.2, 0) is 4.79 Å². The van der Waals surface area contributed by atoms with Crippen LogP contribution in [0.25, 0.3) is 0 Å². The van der Waals surface area contributed by atoms with Gasteiger partial charge in [-0.25, -0.2) is 9.97 Å². The molecule has 0 aliphatic carbocycles. The molecule has 1 fully saturated rings. The summed E-state index contributed by atoms with van der Waals surface area (Å²) in [6, 6.07) is 6.68. The van der Waals surface area contributed by atoms with Crippen LogP contribution >= 0.6 is 0 Å². The molecule has 0 unspecified atom stereocenters. The lowest BCUT2D eigenvalue weighted by atomic mass is 10.2. The highest BCUT2D eigenvalue weighted by Crippen LogP contribution is 2.29. The molecule has 148 valence electrons. The number of nitrogens with one attached hydrogen (secondary N) is 1. The minimum Gasteiger partial charge on any atom is -0.493 e. The van der Waals surface area contributed by atoms with Crippen molar-refractivity contribution in [2.75, 3.05) is 50.6 Å². The van der Waals surface area contributed by atoms with Crippen molar-refractivity contribution in [1.82, 2.24) is 14.9 Å². The van der Waals surface area contributed by atoms with Crippen LogP contribution in [0.5, 0.6) is 11.5 Å². The van der Waals surface area contributed by atoms with Crippen molar-refractivity contribution in [3.8, 4) is 11.5 Å². The standard InChI is InChI=1S/C19H23N5O4/c1-13(25)23-8-10-24(11-9-23)19-20-7-6-15(22-19)18(26)21-14-4-5-16(27-2)17(12-14)28-3/h4-7,12H,8-11H2,1-3H3,(H,21,26). The van der Waals surface area contributed by atoms with Crippen LogP contribution in [0.1, 0.15) is 17.4 Å². The van der Waals surface area contributed by atoms with Crippen LogP contribution in [-0.4, -0.2) is 67.1 Å². The van der Waals surface area contributed by atoms with Crippen molar-refractivity contribution in [1.29, 1.82) is 0 Å². The van der Waals surface area contributed by atoms with Gasteiger partial charge in [-0.1, -0.05) is 0 Å². The average Bonchev–Trinajstić information content (AvgIpc) is 2.73. The molecule has 9 heteroatoms. The third-order valence-corrected chi connectivity index (χ3v) is 4.52. The highest BCUT2D eigenvalue weighted by atomic mass is 16.5. The molecule has 28 heavy (non-hydrogen) atoms. The number of anilines is 2. The third-order valence-electron chi connectivity index (χ3n) is 4.52. The number of carbonyl (C=O) groups is 2. The molecule has 1 aromatic heterocycles. The average molecular weight is 385 g/mol. The zero-order valence-electron chi connectivity index (χ0n) is 16.1. The van der Waals surface area contributed by atoms with E-state index < -0.39 is 0 Å². The molecule has 0 spiro atoms. The Kier molecular flexibility index (Phi) is 5.93. The number of amides is 2. The second kappa shape index (κ2) is 8.55. The zero-order chi connectivity index (χ0) is 20.1. The molecular weight excluding hydrogens is 362 g/mol. The van der Waals surface area contributed by atoms with Crippen molar-refractivity contribution >= 4 is 23.5 Å². The highest BCUT2D eigenvalue weighted by Gasteiger charge is 2.21. The van der Waals surface area contributed by atoms with Crippen LogP contribution in [0, 0.1) is 0 Å². The largest absolute Gasteiger partial charge is 0.493 e. The summed E-state index contributed by atoms with van der Waals surface area (Å²) in [4.78, 5) is 36.4. The van der Waals surface area contributed by atoms with Crippen molar-refractivity contribution in [3.63, 3.8) is 0 Å². The van der Waals surface area contributed by atoms with E-state index in [1.807, 2.05) is 4.90 Å². The minimum absolute atomic E-state index is 0.0589. The van der Waals surface area contributed by atoms with Gasteiger partial charge in [0.15, 0.2) is 11.5 Å². The van der Waals surface area contributed by atoms with E-state index >= 15 is 0 Å². The molecule has 0 atom stereocenters. The predicted molar refractivity (Wildman–Crippen MR) is 104 cm³/mol. The van der Waals surface area contributed by atoms with Gasteiger partial charge in [0, 0.05) is 51.1 Å². The van der Waals surface area contributed by atoms with E-state index in [4.69, 9.17) is 9.47 Å². The Morgan fingerprint density at radius 1 is 1.04 bits per heavy atom. The number of aromatic nitrogens is 2. The van der Waals surface area contributed by atoms with Crippen LogP contribution in [0.4, 0.5) is 11.6 Å². The summed E-state index contributed by atoms with van der Waals surface area (Å²) in [6.45, 7) is 4.04. The smallest absolute Gasteiger partial charge is 0.274 e. The maximum absolute atomic E-state index is 12.6. The molecule has 1 N–H and O–H groups in total. The van der Waals surface area contributed by atoms with Crippen molar-refractivity contribution in [3.05, 3.63) is 36.2 Å². The first-order valence-electron chi connectivity index (χ1n) is 8.88. The summed E-state index contributed by atoms with van der Waals surface area (Å²) in [6.07, 6.45) is 1.56. The van der Waals surface area contributed by atoms with Crippen LogP contribution in [0.3, 0.4) is 0 Å². The van der Waals surface area contributed by atoms with Gasteiger partial charge in [0.1, 0.15) is 5.69 Å². The SMILES string of the molecule is COc1ccc(NC(=O)c2ccnc(N3CCN(C(C)=O)CC3)n2)cc1OC. The lowest BCUT2D eigenvalue weighted by Gasteiger charge is -2.34. The lowest BCUT2D eigenvalue weighted by molar-refractivity contribution is -0.129. The van der Waals surface area contributed by atoms with Crippen LogP contribution < -0.4 is 19.7 Å². The molecule has 1 aliphatic rings. The first kappa shape index (κ1) is 19.4. The van der Waals surface area contributed by atoms with Gasteiger partial charge < -0.3 is 24.6 Å². The van der Waals surface area contributed by atoms with Gasteiger partial charge in [0.25, 0.3) is 5.91 Å². The molecule has 3 rings (SSSR count). The van der Waals surface area contributed by atoms with E-state index in [0.29, 0.717) is 49.3 Å². The number of nitrogens with zero attached hydrogens (tertiary/aromatic N) is 4. The fourth-order valence-corrected chi connectivity index (χ4v) is 2.96. The van der Waals surface area contributed by atoms with Crippen molar-refractivity contribution < 1.29 is 19.1 Å². The number of benzene rings is 1. The maximum Gasteiger partial charge on any atom is 0.274 e. The summed E-state index contributed by atoms with van der Waals surface area (Å²) in [5.41, 5.74) is 0.826. The Labute approximate surface area is 163 Å². The molecule has 0 radical (unpaired) electrons. The van der Waals surface area contributed by atoms with Gasteiger partial charge in [0.2, 0.25) is 11.9 Å². The molecule has 1 aromatic carbocycles. The number of hydrogen-bond acceptors (Lipinski definition) is 7. The van der Waals surface area contributed by atoms with Crippen LogP contribution in [0.2, 0.25) is 0 Å². The first-order valence-corrected chi connectivity index (χ1v) is 8.88. The Hall–Kier alpha value is -3.36. The molecule has 2 aromatic rings. The maximum atomic E-state index is 12.6. The van der Waals surface area contributed by atoms with E-state index in [0.717, 1.165) is 0 Å². The van der Waals surface area contributed by atoms with Gasteiger partial charge >= 0.3 is 0 Å². The lowest BCUT2D eigenvalue weighted by Crippen LogP contribution is -2.48. The molecule has 0 saturated carbocycles. The monoisotopic (exact) mass is 385 g/mol. The highest BCUT2D eigenvalue weighted by molar-refractivity contribution is 6.03. The number of carbonyl (C=O) groups excluding carboxylic acids is 2. The fraction of sp³-hybridized carbons (Fsp3) is 0.368. The third kappa shape index (κ3) is 4.30. The normalized spacial score (nSPS) is 13.8. The van der Waals surface area contributed by atoms with Gasteiger partial charge in [-0.15, -0.1) is 0 Å². The van der Waals surface area contributed by atoms with Gasteiger partial charge in [0.05, 0.1) is 14.2 Å². The van der Waals surface area contributed by atoms with E-state index in [-0.39, 0.29) is 17.5 Å². The topological polar surface area (TPSA) is 96.9 Å². The van der Waals surface area contributed by atoms with Gasteiger partial charge in [-0.2, -0.15) is 0 Å². The molecule has 1 saturated heterocycles. The molecule has 2 amide bonds. The second-order valence-electron chi connectivity index (χ2n) is 6.26. The Morgan fingerprint density at radius 2 is 1.75 bits per heavy atom. The molecule has 2 heterocycles. The fourth-order valence-electron chi connectivity index (χ4n) is 2.96. The molecule has 9 nitrogen and oxygen atoms in total. The summed E-state index contributed by atoms with van der Waals surface area (Å²) in [7, 11) is 3.08. The Bertz CT molecular complexity index is 865. The van der Waals surface area contributed by atoms with Crippen molar-refractivity contribution in [2.45, 2.75) is 6.92 Å². The van der Waals surface area contributed by atoms with Crippen molar-refractivity contribution in [2.24, 2.45) is 0 Å². The summed E-state index contributed by atoms with van der Waals surface area (Å²) in [5.74, 6) is 1.28. The van der Waals surface area contributed by atoms with Gasteiger partial charge in [-0.05, 0) is 18.2 Å². The summed E-state index contributed by atoms with van der Waals surface area (Å²) in [5, 5.41) is 2.80. The second-order valence-corrected chi connectivity index (χ2v) is 6.26. The summed E-state index contributed by atoms with van der Waals surface area (Å²) < 4.78 is 10.4. The van der Waals surface area contributed by atoms with E-state index in [1.54, 1.807) is 49.4 Å². The minimum atomic E-state index is -0.349. The van der Waals surface area contributed by atoms with Gasteiger partial charge in [-0.3, -0.25) is 9.59 Å². The predicted octanol–water partition coefficient (Wildman–Crippen LogP) is 1.41. The van der Waals surface area contributed by atoms with E-state index in [2.05, 4.69) is 15.3 Å². The number of hydrogen-bond donors (Lipinski definition) is 1. The molecular formula is C19H23N5O4. The first-order chi connectivity index (χ1) is 13.5. The quantitative estimate of drug-likeness (QED) is 0.831. The number of methoxy groups -OCH3 is 2. The van der Waals surface area contributed by atoms with E-state index in [9.17, 15) is 9.59 Å². The van der Waals surface area contributed by atoms with E-state index in [1.165, 1.54) is 7.11 Å². The number of rotatable bonds is 5. The summed E-state index contributed by atoms with van der Waals surface area (Å²) >= 11 is 0. The molecule has 1 aliphatic heterocycles. The number of piperazine rings is 1. The number of ether oxygens (including phenoxy) is 2. The zero-order valence-corrected chi connectivity index (χ0v) is 16.1. The van der Waals surface area contributed by atoms with Crippen LogP contribution in [0.15, 0.2) is 30.5 Å². The Morgan fingerprint density at radius 3 is 2.39 bits per heavy atom. The Balaban J connectivity index is 1.70. The molecule has 0 bridgehead atoms.